The van der Waals surface area contributed by atoms with Crippen molar-refractivity contribution in [2.75, 3.05) is 6.61 Å². The Balaban J connectivity index is 0.000000166. The largest absolute Gasteiger partial charge is 0.478 e. The Kier molecular flexibility index (Phi) is 11.6. The zero-order valence-corrected chi connectivity index (χ0v) is 35.6. The van der Waals surface area contributed by atoms with Crippen molar-refractivity contribution in [3.63, 3.8) is 0 Å². The highest BCUT2D eigenvalue weighted by atomic mass is 35.5. The van der Waals surface area contributed by atoms with Gasteiger partial charge in [0.15, 0.2) is 0 Å². The van der Waals surface area contributed by atoms with Gasteiger partial charge in [-0.2, -0.15) is 47.3 Å². The Bertz CT molecular complexity index is 3560. The summed E-state index contributed by atoms with van der Waals surface area (Å²) in [5.74, 6) is 0.322. The number of ether oxygens (including phenoxy) is 3. The van der Waals surface area contributed by atoms with Crippen molar-refractivity contribution in [2.45, 2.75) is 20.1 Å². The minimum Gasteiger partial charge on any atom is -0.478 e. The van der Waals surface area contributed by atoms with Crippen LogP contribution in [0.3, 0.4) is 0 Å². The van der Waals surface area contributed by atoms with Crippen LogP contribution >= 0.6 is 11.6 Å². The number of hydrogen-bond acceptors (Lipinski definition) is 11. The van der Waals surface area contributed by atoms with Crippen molar-refractivity contribution < 1.29 is 31.8 Å². The lowest BCUT2D eigenvalue weighted by Gasteiger charge is -2.12. The predicted octanol–water partition coefficient (Wildman–Crippen LogP) is 8.92. The summed E-state index contributed by atoms with van der Waals surface area (Å²) in [6.07, 6.45) is 3.69. The molecular formula is C46H33ClF4N10O5. The molecule has 4 aromatic carbocycles. The highest BCUT2D eigenvalue weighted by Gasteiger charge is 2.20. The maximum atomic E-state index is 13.7. The molecule has 0 amide bonds. The first-order valence-electron chi connectivity index (χ1n) is 20.0. The molecule has 332 valence electrons. The van der Waals surface area contributed by atoms with Crippen LogP contribution in [0.4, 0.5) is 17.6 Å². The van der Waals surface area contributed by atoms with E-state index in [1.165, 1.54) is 57.9 Å². The summed E-state index contributed by atoms with van der Waals surface area (Å²) in [4.78, 5) is 36.0. The summed E-state index contributed by atoms with van der Waals surface area (Å²) in [5, 5.41) is 19.6. The van der Waals surface area contributed by atoms with Crippen LogP contribution < -0.4 is 25.3 Å². The first-order valence-corrected chi connectivity index (χ1v) is 20.3. The van der Waals surface area contributed by atoms with Crippen molar-refractivity contribution >= 4 is 55.5 Å². The number of aryl methyl sites for hydroxylation is 2. The third kappa shape index (κ3) is 8.70. The second kappa shape index (κ2) is 17.8. The SMILES string of the molecule is CCOc1ccc2nn(-c3ccc4nn(C)cc4c3)c(=O)c(-c3ccc(OC(F)F)cc3)c2n1.Cn1cc2cc(-n3nc4ccc(Cl)nc4c(-c4ccc(OC(F)F)cc4)c3=O)ccc2n1. The standard InChI is InChI=1S/C24H19F2N5O3.C22H14ClF2N5O2/c1-3-33-20-11-10-19-22(27-20)21(14-4-7-17(8-5-14)34-24(25)26)23(32)31(29-19)16-6-9-18-15(12-16)13-30(2)28-18;1-29-11-13-10-14(4-7-16(13)27-29)30-21(31)19(20-17(28-30)8-9-18(23)26-20)12-2-5-15(6-3-12)32-22(24)25/h4-13,24H,3H2,1-2H3;2-11,22H,1H3. The maximum absolute atomic E-state index is 13.7. The van der Waals surface area contributed by atoms with E-state index in [-0.39, 0.29) is 27.8 Å². The van der Waals surface area contributed by atoms with E-state index >= 15 is 0 Å². The van der Waals surface area contributed by atoms with Crippen LogP contribution in [0, 0.1) is 0 Å². The van der Waals surface area contributed by atoms with Crippen LogP contribution in [0.2, 0.25) is 5.15 Å². The number of pyridine rings is 2. The minimum absolute atomic E-state index is 0.0116. The number of rotatable bonds is 10. The molecule has 0 aliphatic carbocycles. The van der Waals surface area contributed by atoms with Gasteiger partial charge in [-0.15, -0.1) is 0 Å². The third-order valence-corrected chi connectivity index (χ3v) is 10.3. The van der Waals surface area contributed by atoms with Gasteiger partial charge in [-0.05, 0) is 96.9 Å². The van der Waals surface area contributed by atoms with E-state index in [0.717, 1.165) is 21.8 Å². The Morgan fingerprint density at radius 2 is 1.00 bits per heavy atom. The van der Waals surface area contributed by atoms with Crippen LogP contribution in [-0.4, -0.2) is 68.9 Å². The number of hydrogen-bond donors (Lipinski definition) is 0. The van der Waals surface area contributed by atoms with E-state index in [0.29, 0.717) is 57.1 Å². The van der Waals surface area contributed by atoms with Gasteiger partial charge >= 0.3 is 13.2 Å². The first-order chi connectivity index (χ1) is 31.8. The molecule has 10 rings (SSSR count). The van der Waals surface area contributed by atoms with Crippen molar-refractivity contribution in [1.82, 2.24) is 49.1 Å². The van der Waals surface area contributed by atoms with Crippen LogP contribution in [0.25, 0.3) is 77.5 Å². The monoisotopic (exact) mass is 916 g/mol. The van der Waals surface area contributed by atoms with E-state index < -0.39 is 24.3 Å². The molecule has 0 aliphatic heterocycles. The average molecular weight is 917 g/mol. The Hall–Kier alpha value is -8.19. The second-order valence-electron chi connectivity index (χ2n) is 14.5. The summed E-state index contributed by atoms with van der Waals surface area (Å²) < 4.78 is 70.5. The quantitative estimate of drug-likeness (QED) is 0.0953. The zero-order chi connectivity index (χ0) is 46.2. The summed E-state index contributed by atoms with van der Waals surface area (Å²) in [6.45, 7) is -3.65. The molecule has 0 atom stereocenters. The third-order valence-electron chi connectivity index (χ3n) is 10.1. The summed E-state index contributed by atoms with van der Waals surface area (Å²) in [6, 6.07) is 29.0. The van der Waals surface area contributed by atoms with Crippen molar-refractivity contribution in [3.05, 3.63) is 147 Å². The number of halogens is 5. The first kappa shape index (κ1) is 43.1. The lowest BCUT2D eigenvalue weighted by Crippen LogP contribution is -2.23. The number of nitrogens with zero attached hydrogens (tertiary/aromatic N) is 10. The second-order valence-corrected chi connectivity index (χ2v) is 14.9. The lowest BCUT2D eigenvalue weighted by atomic mass is 10.1. The molecule has 0 N–H and O–H groups in total. The molecule has 0 radical (unpaired) electrons. The van der Waals surface area contributed by atoms with Crippen molar-refractivity contribution in [3.8, 4) is 51.0 Å². The highest BCUT2D eigenvalue weighted by Crippen LogP contribution is 2.30. The lowest BCUT2D eigenvalue weighted by molar-refractivity contribution is -0.0505. The summed E-state index contributed by atoms with van der Waals surface area (Å²) in [5.41, 5.74) is 4.86. The molecule has 15 nitrogen and oxygen atoms in total. The number of aromatic nitrogens is 10. The fourth-order valence-corrected chi connectivity index (χ4v) is 7.50. The highest BCUT2D eigenvalue weighted by molar-refractivity contribution is 6.29. The van der Waals surface area contributed by atoms with Gasteiger partial charge < -0.3 is 14.2 Å². The molecule has 20 heteroatoms. The summed E-state index contributed by atoms with van der Waals surface area (Å²) >= 11 is 6.08. The van der Waals surface area contributed by atoms with E-state index in [2.05, 4.69) is 39.8 Å². The molecule has 0 saturated heterocycles. The number of benzene rings is 4. The molecule has 10 aromatic rings. The Morgan fingerprint density at radius 1 is 0.561 bits per heavy atom. The van der Waals surface area contributed by atoms with Gasteiger partial charge in [0.1, 0.15) is 38.7 Å². The van der Waals surface area contributed by atoms with Gasteiger partial charge in [0.25, 0.3) is 11.1 Å². The minimum atomic E-state index is -2.94. The molecule has 0 spiro atoms. The molecule has 6 heterocycles. The molecule has 0 aliphatic rings. The normalized spacial score (nSPS) is 11.5. The number of fused-ring (bicyclic) bond motifs is 4. The smallest absolute Gasteiger partial charge is 0.387 e. The predicted molar refractivity (Wildman–Crippen MR) is 239 cm³/mol. The number of alkyl halides is 4. The van der Waals surface area contributed by atoms with Crippen LogP contribution in [0.5, 0.6) is 17.4 Å². The fraction of sp³-hybridized carbons (Fsp3) is 0.130. The van der Waals surface area contributed by atoms with Gasteiger partial charge in [0.05, 0.1) is 40.1 Å². The maximum Gasteiger partial charge on any atom is 0.387 e. The van der Waals surface area contributed by atoms with E-state index in [9.17, 15) is 27.2 Å². The molecule has 0 saturated carbocycles. The van der Waals surface area contributed by atoms with E-state index in [1.807, 2.05) is 51.6 Å². The van der Waals surface area contributed by atoms with Gasteiger partial charge in [-0.3, -0.25) is 19.0 Å². The molecule has 0 bridgehead atoms. The molecule has 6 aromatic heterocycles. The topological polar surface area (TPSA) is 159 Å². The average Bonchev–Trinajstić information content (AvgIpc) is 3.86. The molecular weight excluding hydrogens is 884 g/mol. The summed E-state index contributed by atoms with van der Waals surface area (Å²) in [7, 11) is 3.64. The molecule has 0 unspecified atom stereocenters. The van der Waals surface area contributed by atoms with Gasteiger partial charge in [-0.25, -0.2) is 9.97 Å². The van der Waals surface area contributed by atoms with Gasteiger partial charge in [0, 0.05) is 43.3 Å². The Labute approximate surface area is 374 Å². The molecule has 66 heavy (non-hydrogen) atoms. The van der Waals surface area contributed by atoms with E-state index in [1.54, 1.807) is 51.8 Å². The van der Waals surface area contributed by atoms with E-state index in [4.69, 9.17) is 16.3 Å². The molecule has 0 fully saturated rings. The van der Waals surface area contributed by atoms with Gasteiger partial charge in [-0.1, -0.05) is 35.9 Å². The Morgan fingerprint density at radius 3 is 1.45 bits per heavy atom. The fourth-order valence-electron chi connectivity index (χ4n) is 7.35. The van der Waals surface area contributed by atoms with Crippen LogP contribution in [0.15, 0.2) is 131 Å². The van der Waals surface area contributed by atoms with Crippen molar-refractivity contribution in [2.24, 2.45) is 14.1 Å². The van der Waals surface area contributed by atoms with Crippen LogP contribution in [-0.2, 0) is 14.1 Å². The van der Waals surface area contributed by atoms with Crippen molar-refractivity contribution in [1.29, 1.82) is 0 Å². The van der Waals surface area contributed by atoms with Gasteiger partial charge in [0.2, 0.25) is 5.88 Å². The zero-order valence-electron chi connectivity index (χ0n) is 34.8. The van der Waals surface area contributed by atoms with Crippen LogP contribution in [0.1, 0.15) is 6.92 Å².